The molecule has 2 heterocycles. The van der Waals surface area contributed by atoms with Crippen molar-refractivity contribution < 1.29 is 4.79 Å². The van der Waals surface area contributed by atoms with Crippen LogP contribution in [-0.2, 0) is 0 Å². The lowest BCUT2D eigenvalue weighted by Gasteiger charge is -2.08. The zero-order valence-electron chi connectivity index (χ0n) is 13.1. The molecule has 0 radical (unpaired) electrons. The lowest BCUT2D eigenvalue weighted by Crippen LogP contribution is -2.28. The van der Waals surface area contributed by atoms with Gasteiger partial charge in [0, 0.05) is 37.0 Å². The molecule has 0 aliphatic heterocycles. The third-order valence-corrected chi connectivity index (χ3v) is 4.03. The van der Waals surface area contributed by atoms with E-state index in [1.165, 1.54) is 12.8 Å². The van der Waals surface area contributed by atoms with Crippen molar-refractivity contribution in [3.05, 3.63) is 54.1 Å². The number of anilines is 1. The molecule has 1 amide bonds. The maximum absolute atomic E-state index is 12.0. The van der Waals surface area contributed by atoms with E-state index in [0.717, 1.165) is 11.5 Å². The smallest absolute Gasteiger partial charge is 0.251 e. The fraction of sp³-hybridized carbons (Fsp3) is 0.294. The number of rotatable bonds is 6. The van der Waals surface area contributed by atoms with Crippen LogP contribution in [-0.4, -0.2) is 38.6 Å². The van der Waals surface area contributed by atoms with Crippen molar-refractivity contribution in [1.82, 2.24) is 24.9 Å². The first kappa shape index (κ1) is 14.6. The average molecular weight is 322 g/mol. The van der Waals surface area contributed by atoms with Crippen LogP contribution < -0.4 is 10.6 Å². The standard InChI is InChI=1S/C17H18N6O/c24-17(13-4-2-1-3-5-13)20-9-8-18-14-16-22-21-15(12-6-7-12)23(16)11-10-19-14/h1-5,10-12H,6-9H2,(H,18,19)(H,20,24). The van der Waals surface area contributed by atoms with Gasteiger partial charge in [-0.2, -0.15) is 0 Å². The van der Waals surface area contributed by atoms with Crippen molar-refractivity contribution in [3.63, 3.8) is 0 Å². The summed E-state index contributed by atoms with van der Waals surface area (Å²) in [6, 6.07) is 9.17. The Labute approximate surface area is 139 Å². The normalized spacial score (nSPS) is 13.8. The van der Waals surface area contributed by atoms with Crippen LogP contribution in [0.4, 0.5) is 5.82 Å². The first-order valence-electron chi connectivity index (χ1n) is 8.09. The lowest BCUT2D eigenvalue weighted by molar-refractivity contribution is 0.0955. The number of hydrogen-bond acceptors (Lipinski definition) is 5. The molecule has 1 aromatic carbocycles. The minimum Gasteiger partial charge on any atom is -0.365 e. The van der Waals surface area contributed by atoms with E-state index in [2.05, 4.69) is 25.8 Å². The van der Waals surface area contributed by atoms with Crippen LogP contribution in [0.2, 0.25) is 0 Å². The van der Waals surface area contributed by atoms with Crippen LogP contribution in [0, 0.1) is 0 Å². The van der Waals surface area contributed by atoms with E-state index < -0.39 is 0 Å². The summed E-state index contributed by atoms with van der Waals surface area (Å²) in [5.41, 5.74) is 1.39. The number of hydrogen-bond donors (Lipinski definition) is 2. The summed E-state index contributed by atoms with van der Waals surface area (Å²) >= 11 is 0. The maximum Gasteiger partial charge on any atom is 0.251 e. The second-order valence-corrected chi connectivity index (χ2v) is 5.85. The van der Waals surface area contributed by atoms with Gasteiger partial charge in [0.15, 0.2) is 5.82 Å². The van der Waals surface area contributed by atoms with E-state index in [0.29, 0.717) is 30.4 Å². The molecule has 7 heteroatoms. The summed E-state index contributed by atoms with van der Waals surface area (Å²) in [6.07, 6.45) is 5.99. The number of carbonyl (C=O) groups excluding carboxylic acids is 1. The van der Waals surface area contributed by atoms with Crippen molar-refractivity contribution in [1.29, 1.82) is 0 Å². The molecule has 2 aromatic heterocycles. The van der Waals surface area contributed by atoms with E-state index in [9.17, 15) is 4.79 Å². The fourth-order valence-electron chi connectivity index (χ4n) is 2.64. The molecule has 7 nitrogen and oxygen atoms in total. The maximum atomic E-state index is 12.0. The fourth-order valence-corrected chi connectivity index (χ4v) is 2.64. The van der Waals surface area contributed by atoms with Crippen LogP contribution in [0.1, 0.15) is 34.9 Å². The SMILES string of the molecule is O=C(NCCNc1nccn2c(C3CC3)nnc12)c1ccccc1. The molecule has 3 aromatic rings. The molecule has 1 saturated carbocycles. The number of aromatic nitrogens is 4. The van der Waals surface area contributed by atoms with Crippen molar-refractivity contribution in [2.24, 2.45) is 0 Å². The van der Waals surface area contributed by atoms with Crippen LogP contribution in [0.3, 0.4) is 0 Å². The van der Waals surface area contributed by atoms with Crippen LogP contribution in [0.25, 0.3) is 5.65 Å². The molecule has 1 aliphatic carbocycles. The first-order valence-corrected chi connectivity index (χ1v) is 8.09. The molecule has 1 aliphatic rings. The van der Waals surface area contributed by atoms with E-state index in [-0.39, 0.29) is 5.91 Å². The molecule has 2 N–H and O–H groups in total. The molecule has 0 bridgehead atoms. The molecule has 0 unspecified atom stereocenters. The zero-order chi connectivity index (χ0) is 16.4. The summed E-state index contributed by atoms with van der Waals surface area (Å²) in [5, 5.41) is 14.6. The van der Waals surface area contributed by atoms with Gasteiger partial charge in [-0.1, -0.05) is 18.2 Å². The van der Waals surface area contributed by atoms with Gasteiger partial charge in [0.25, 0.3) is 5.91 Å². The van der Waals surface area contributed by atoms with Gasteiger partial charge in [-0.25, -0.2) is 4.98 Å². The molecule has 24 heavy (non-hydrogen) atoms. The number of carbonyl (C=O) groups is 1. The highest BCUT2D eigenvalue weighted by atomic mass is 16.1. The van der Waals surface area contributed by atoms with Gasteiger partial charge in [-0.3, -0.25) is 9.20 Å². The molecular weight excluding hydrogens is 304 g/mol. The largest absolute Gasteiger partial charge is 0.365 e. The van der Waals surface area contributed by atoms with Crippen molar-refractivity contribution in [3.8, 4) is 0 Å². The number of nitrogens with zero attached hydrogens (tertiary/aromatic N) is 4. The number of benzene rings is 1. The minimum atomic E-state index is -0.0814. The van der Waals surface area contributed by atoms with Crippen molar-refractivity contribution in [2.45, 2.75) is 18.8 Å². The summed E-state index contributed by atoms with van der Waals surface area (Å²) < 4.78 is 2.00. The molecule has 4 rings (SSSR count). The second kappa shape index (κ2) is 6.27. The Hall–Kier alpha value is -2.96. The highest BCUT2D eigenvalue weighted by molar-refractivity contribution is 5.94. The molecule has 0 spiro atoms. The predicted octanol–water partition coefficient (Wildman–Crippen LogP) is 1.84. The van der Waals surface area contributed by atoms with Gasteiger partial charge in [-0.15, -0.1) is 10.2 Å². The van der Waals surface area contributed by atoms with Crippen LogP contribution >= 0.6 is 0 Å². The highest BCUT2D eigenvalue weighted by Gasteiger charge is 2.29. The Morgan fingerprint density at radius 1 is 1.17 bits per heavy atom. The van der Waals surface area contributed by atoms with E-state index in [4.69, 9.17) is 0 Å². The Balaban J connectivity index is 1.36. The molecule has 0 saturated heterocycles. The van der Waals surface area contributed by atoms with E-state index in [1.54, 1.807) is 18.3 Å². The monoisotopic (exact) mass is 322 g/mol. The van der Waals surface area contributed by atoms with Gasteiger partial charge in [0.1, 0.15) is 5.82 Å². The van der Waals surface area contributed by atoms with Crippen molar-refractivity contribution in [2.75, 3.05) is 18.4 Å². The summed E-state index contributed by atoms with van der Waals surface area (Å²) in [7, 11) is 0. The van der Waals surface area contributed by atoms with Gasteiger partial charge in [0.05, 0.1) is 0 Å². The minimum absolute atomic E-state index is 0.0814. The van der Waals surface area contributed by atoms with Gasteiger partial charge < -0.3 is 10.6 Å². The highest BCUT2D eigenvalue weighted by Crippen LogP contribution is 2.39. The molecule has 122 valence electrons. The third kappa shape index (κ3) is 2.92. The zero-order valence-corrected chi connectivity index (χ0v) is 13.1. The first-order chi connectivity index (χ1) is 11.8. The average Bonchev–Trinajstić information content (AvgIpc) is 3.38. The number of nitrogens with one attached hydrogen (secondary N) is 2. The Kier molecular flexibility index (Phi) is 3.82. The molecule has 0 atom stereocenters. The summed E-state index contributed by atoms with van der Waals surface area (Å²) in [5.74, 6) is 2.14. The summed E-state index contributed by atoms with van der Waals surface area (Å²) in [6.45, 7) is 1.07. The van der Waals surface area contributed by atoms with Crippen LogP contribution in [0.15, 0.2) is 42.7 Å². The lowest BCUT2D eigenvalue weighted by atomic mass is 10.2. The Morgan fingerprint density at radius 3 is 2.79 bits per heavy atom. The van der Waals surface area contributed by atoms with E-state index >= 15 is 0 Å². The van der Waals surface area contributed by atoms with E-state index in [1.807, 2.05) is 28.8 Å². The topological polar surface area (TPSA) is 84.2 Å². The Bertz CT molecular complexity index is 856. The number of fused-ring (bicyclic) bond motifs is 1. The van der Waals surface area contributed by atoms with Gasteiger partial charge in [-0.05, 0) is 25.0 Å². The number of amides is 1. The van der Waals surface area contributed by atoms with Crippen LogP contribution in [0.5, 0.6) is 0 Å². The van der Waals surface area contributed by atoms with Crippen molar-refractivity contribution >= 4 is 17.4 Å². The predicted molar refractivity (Wildman–Crippen MR) is 90.0 cm³/mol. The summed E-state index contributed by atoms with van der Waals surface area (Å²) in [4.78, 5) is 16.3. The van der Waals surface area contributed by atoms with Gasteiger partial charge >= 0.3 is 0 Å². The Morgan fingerprint density at radius 2 is 2.00 bits per heavy atom. The molecule has 1 fully saturated rings. The molecular formula is C17H18N6O. The second-order valence-electron chi connectivity index (χ2n) is 5.85. The van der Waals surface area contributed by atoms with Gasteiger partial charge in [0.2, 0.25) is 5.65 Å². The third-order valence-electron chi connectivity index (χ3n) is 4.03. The quantitative estimate of drug-likeness (QED) is 0.677.